The van der Waals surface area contributed by atoms with E-state index in [-0.39, 0.29) is 11.5 Å². The lowest BCUT2D eigenvalue weighted by molar-refractivity contribution is -0.384. The molecule has 2 rings (SSSR count). The fraction of sp³-hybridized carbons (Fsp3) is 0. The maximum absolute atomic E-state index is 12.0. The molecule has 2 aromatic carbocycles. The van der Waals surface area contributed by atoms with Crippen molar-refractivity contribution in [3.8, 4) is 0 Å². The van der Waals surface area contributed by atoms with Crippen LogP contribution in [-0.4, -0.2) is 10.7 Å². The zero-order chi connectivity index (χ0) is 14.5. The SMILES string of the molecule is N/C(=C\C(=O)c1ccc([N+](=O)[O-])cc1)c1ccccc1. The monoisotopic (exact) mass is 268 g/mol. The van der Waals surface area contributed by atoms with Crippen LogP contribution in [0.5, 0.6) is 0 Å². The first-order chi connectivity index (χ1) is 9.58. The predicted molar refractivity (Wildman–Crippen MR) is 76.0 cm³/mol. The molecule has 0 unspecified atom stereocenters. The molecular formula is C15H12N2O3. The van der Waals surface area contributed by atoms with Crippen molar-refractivity contribution in [1.82, 2.24) is 0 Å². The van der Waals surface area contributed by atoms with Gasteiger partial charge in [-0.25, -0.2) is 0 Å². The van der Waals surface area contributed by atoms with Crippen LogP contribution in [0.1, 0.15) is 15.9 Å². The van der Waals surface area contributed by atoms with Crippen molar-refractivity contribution in [3.05, 3.63) is 81.9 Å². The van der Waals surface area contributed by atoms with Crippen molar-refractivity contribution in [2.45, 2.75) is 0 Å². The number of hydrogen-bond acceptors (Lipinski definition) is 4. The Morgan fingerprint density at radius 3 is 2.15 bits per heavy atom. The molecule has 2 aromatic rings. The molecule has 0 amide bonds. The molecule has 0 aliphatic heterocycles. The van der Waals surface area contributed by atoms with Crippen LogP contribution in [0.15, 0.2) is 60.7 Å². The highest BCUT2D eigenvalue weighted by Crippen LogP contribution is 2.14. The van der Waals surface area contributed by atoms with E-state index >= 15 is 0 Å². The molecule has 0 aliphatic carbocycles. The molecule has 0 spiro atoms. The lowest BCUT2D eigenvalue weighted by atomic mass is 10.1. The van der Waals surface area contributed by atoms with Crippen molar-refractivity contribution in [3.63, 3.8) is 0 Å². The Morgan fingerprint density at radius 2 is 1.60 bits per heavy atom. The van der Waals surface area contributed by atoms with E-state index in [0.29, 0.717) is 11.3 Å². The molecule has 0 atom stereocenters. The molecule has 20 heavy (non-hydrogen) atoms. The van der Waals surface area contributed by atoms with Crippen molar-refractivity contribution in [1.29, 1.82) is 0 Å². The van der Waals surface area contributed by atoms with E-state index in [1.807, 2.05) is 18.2 Å². The number of nitrogens with zero attached hydrogens (tertiary/aromatic N) is 1. The minimum Gasteiger partial charge on any atom is -0.398 e. The molecule has 0 bridgehead atoms. The minimum absolute atomic E-state index is 0.0541. The Hall–Kier alpha value is -2.95. The van der Waals surface area contributed by atoms with E-state index in [1.165, 1.54) is 30.3 Å². The summed E-state index contributed by atoms with van der Waals surface area (Å²) in [4.78, 5) is 22.0. The van der Waals surface area contributed by atoms with Crippen LogP contribution in [-0.2, 0) is 0 Å². The first kappa shape index (κ1) is 13.5. The van der Waals surface area contributed by atoms with Crippen LogP contribution in [0.3, 0.4) is 0 Å². The van der Waals surface area contributed by atoms with Crippen LogP contribution in [0.25, 0.3) is 5.70 Å². The highest BCUT2D eigenvalue weighted by molar-refractivity contribution is 6.08. The van der Waals surface area contributed by atoms with Crippen molar-refractivity contribution in [2.24, 2.45) is 5.73 Å². The van der Waals surface area contributed by atoms with Gasteiger partial charge in [-0.2, -0.15) is 0 Å². The molecule has 2 N–H and O–H groups in total. The average Bonchev–Trinajstić information content (AvgIpc) is 2.48. The second kappa shape index (κ2) is 5.79. The van der Waals surface area contributed by atoms with Gasteiger partial charge in [-0.1, -0.05) is 30.3 Å². The van der Waals surface area contributed by atoms with E-state index in [0.717, 1.165) is 5.56 Å². The van der Waals surface area contributed by atoms with Crippen molar-refractivity contribution >= 4 is 17.2 Å². The van der Waals surface area contributed by atoms with E-state index in [4.69, 9.17) is 5.73 Å². The van der Waals surface area contributed by atoms with Gasteiger partial charge in [0, 0.05) is 29.5 Å². The molecule has 0 saturated carbocycles. The average molecular weight is 268 g/mol. The summed E-state index contributed by atoms with van der Waals surface area (Å²) in [7, 11) is 0. The largest absolute Gasteiger partial charge is 0.398 e. The van der Waals surface area contributed by atoms with E-state index in [2.05, 4.69) is 0 Å². The first-order valence-corrected chi connectivity index (χ1v) is 5.89. The third-order valence-corrected chi connectivity index (χ3v) is 2.76. The van der Waals surface area contributed by atoms with Gasteiger partial charge in [0.15, 0.2) is 5.78 Å². The van der Waals surface area contributed by atoms with Gasteiger partial charge < -0.3 is 5.73 Å². The zero-order valence-electron chi connectivity index (χ0n) is 10.5. The topological polar surface area (TPSA) is 86.2 Å². The van der Waals surface area contributed by atoms with Crippen molar-refractivity contribution in [2.75, 3.05) is 0 Å². The number of non-ortho nitro benzene ring substituents is 1. The molecule has 0 aromatic heterocycles. The van der Waals surface area contributed by atoms with Crippen LogP contribution in [0, 0.1) is 10.1 Å². The number of rotatable bonds is 4. The highest BCUT2D eigenvalue weighted by atomic mass is 16.6. The van der Waals surface area contributed by atoms with Gasteiger partial charge in [0.05, 0.1) is 4.92 Å². The predicted octanol–water partition coefficient (Wildman–Crippen LogP) is 2.78. The Bertz CT molecular complexity index is 661. The standard InChI is InChI=1S/C15H12N2O3/c16-14(11-4-2-1-3-5-11)10-15(18)12-6-8-13(9-7-12)17(19)20/h1-10H,16H2/b14-10-. The van der Waals surface area contributed by atoms with Gasteiger partial charge in [-0.05, 0) is 17.7 Å². The van der Waals surface area contributed by atoms with Crippen LogP contribution >= 0.6 is 0 Å². The number of carbonyl (C=O) groups is 1. The summed E-state index contributed by atoms with van der Waals surface area (Å²) in [6.07, 6.45) is 1.32. The number of carbonyl (C=O) groups excluding carboxylic acids is 1. The molecule has 0 aliphatic rings. The summed E-state index contributed by atoms with van der Waals surface area (Å²) in [6, 6.07) is 14.5. The number of nitro benzene ring substituents is 1. The number of allylic oxidation sites excluding steroid dienone is 1. The number of benzene rings is 2. The quantitative estimate of drug-likeness (QED) is 0.400. The van der Waals surface area contributed by atoms with Crippen LogP contribution in [0.4, 0.5) is 5.69 Å². The van der Waals surface area contributed by atoms with Gasteiger partial charge in [0.2, 0.25) is 0 Å². The summed E-state index contributed by atoms with van der Waals surface area (Å²) < 4.78 is 0. The number of nitro groups is 1. The highest BCUT2D eigenvalue weighted by Gasteiger charge is 2.08. The molecular weight excluding hydrogens is 256 g/mol. The molecule has 100 valence electrons. The Morgan fingerprint density at radius 1 is 1.00 bits per heavy atom. The summed E-state index contributed by atoms with van der Waals surface area (Å²) >= 11 is 0. The summed E-state index contributed by atoms with van der Waals surface area (Å²) in [5, 5.41) is 10.5. The van der Waals surface area contributed by atoms with E-state index in [1.54, 1.807) is 12.1 Å². The minimum atomic E-state index is -0.511. The summed E-state index contributed by atoms with van der Waals surface area (Å²) in [5.41, 5.74) is 7.25. The maximum Gasteiger partial charge on any atom is 0.269 e. The van der Waals surface area contributed by atoms with E-state index in [9.17, 15) is 14.9 Å². The number of hydrogen-bond donors (Lipinski definition) is 1. The van der Waals surface area contributed by atoms with Gasteiger partial charge in [0.1, 0.15) is 0 Å². The molecule has 0 radical (unpaired) electrons. The van der Waals surface area contributed by atoms with Crippen molar-refractivity contribution < 1.29 is 9.72 Å². The zero-order valence-corrected chi connectivity index (χ0v) is 10.5. The molecule has 0 saturated heterocycles. The van der Waals surface area contributed by atoms with Gasteiger partial charge in [0.25, 0.3) is 5.69 Å². The lowest BCUT2D eigenvalue weighted by Gasteiger charge is -2.01. The summed E-state index contributed by atoms with van der Waals surface area (Å²) in [6.45, 7) is 0. The van der Waals surface area contributed by atoms with Gasteiger partial charge >= 0.3 is 0 Å². The molecule has 0 heterocycles. The Labute approximate surface area is 115 Å². The first-order valence-electron chi connectivity index (χ1n) is 5.89. The van der Waals surface area contributed by atoms with Gasteiger partial charge in [-0.15, -0.1) is 0 Å². The number of ketones is 1. The molecule has 5 nitrogen and oxygen atoms in total. The smallest absolute Gasteiger partial charge is 0.269 e. The maximum atomic E-state index is 12.0. The fourth-order valence-electron chi connectivity index (χ4n) is 1.69. The third-order valence-electron chi connectivity index (χ3n) is 2.76. The van der Waals surface area contributed by atoms with Crippen LogP contribution in [0.2, 0.25) is 0 Å². The van der Waals surface area contributed by atoms with E-state index < -0.39 is 4.92 Å². The Balaban J connectivity index is 2.21. The number of nitrogens with two attached hydrogens (primary N) is 1. The summed E-state index contributed by atoms with van der Waals surface area (Å²) in [5.74, 6) is -0.291. The molecule has 0 fully saturated rings. The third kappa shape index (κ3) is 3.08. The lowest BCUT2D eigenvalue weighted by Crippen LogP contribution is -2.02. The van der Waals surface area contributed by atoms with Crippen LogP contribution < -0.4 is 5.73 Å². The second-order valence-electron chi connectivity index (χ2n) is 4.13. The normalized spacial score (nSPS) is 11.1. The Kier molecular flexibility index (Phi) is 3.91. The second-order valence-corrected chi connectivity index (χ2v) is 4.13. The van der Waals surface area contributed by atoms with Gasteiger partial charge in [-0.3, -0.25) is 14.9 Å². The molecule has 5 heteroatoms. The fourth-order valence-corrected chi connectivity index (χ4v) is 1.69.